The Balaban J connectivity index is 1.88. The SMILES string of the molecule is CCOC(=O)c1[nH]c2ccc(OCc3ccccc3)cc2c1OC. The minimum absolute atomic E-state index is 0.308. The van der Waals surface area contributed by atoms with E-state index in [4.69, 9.17) is 14.2 Å². The largest absolute Gasteiger partial charge is 0.494 e. The predicted molar refractivity (Wildman–Crippen MR) is 91.6 cm³/mol. The fraction of sp³-hybridized carbons (Fsp3) is 0.211. The highest BCUT2D eigenvalue weighted by Gasteiger charge is 2.20. The second kappa shape index (κ2) is 7.08. The van der Waals surface area contributed by atoms with E-state index in [0.29, 0.717) is 30.4 Å². The van der Waals surface area contributed by atoms with Crippen LogP contribution in [0, 0.1) is 0 Å². The average molecular weight is 325 g/mol. The zero-order valence-corrected chi connectivity index (χ0v) is 13.7. The van der Waals surface area contributed by atoms with Crippen LogP contribution in [-0.2, 0) is 11.3 Å². The van der Waals surface area contributed by atoms with Gasteiger partial charge in [0.15, 0.2) is 11.4 Å². The average Bonchev–Trinajstić information content (AvgIpc) is 2.99. The van der Waals surface area contributed by atoms with Crippen LogP contribution in [0.2, 0.25) is 0 Å². The zero-order valence-electron chi connectivity index (χ0n) is 13.7. The lowest BCUT2D eigenvalue weighted by molar-refractivity contribution is 0.0517. The van der Waals surface area contributed by atoms with E-state index in [9.17, 15) is 4.79 Å². The molecule has 1 aromatic heterocycles. The fourth-order valence-electron chi connectivity index (χ4n) is 2.54. The predicted octanol–water partition coefficient (Wildman–Crippen LogP) is 3.93. The van der Waals surface area contributed by atoms with Crippen LogP contribution in [-0.4, -0.2) is 24.7 Å². The van der Waals surface area contributed by atoms with Crippen molar-refractivity contribution >= 4 is 16.9 Å². The molecule has 0 aliphatic carbocycles. The van der Waals surface area contributed by atoms with Gasteiger partial charge in [-0.2, -0.15) is 0 Å². The molecule has 1 N–H and O–H groups in total. The number of carbonyl (C=O) groups excluding carboxylic acids is 1. The molecule has 0 saturated heterocycles. The summed E-state index contributed by atoms with van der Waals surface area (Å²) < 4.78 is 16.3. The van der Waals surface area contributed by atoms with E-state index in [2.05, 4.69) is 4.98 Å². The first-order chi connectivity index (χ1) is 11.7. The van der Waals surface area contributed by atoms with Crippen LogP contribution < -0.4 is 9.47 Å². The molecule has 5 heteroatoms. The molecule has 3 aromatic rings. The molecule has 0 unspecified atom stereocenters. The molecular formula is C19H19NO4. The van der Waals surface area contributed by atoms with Crippen molar-refractivity contribution in [3.05, 3.63) is 59.8 Å². The third-order valence-electron chi connectivity index (χ3n) is 3.65. The van der Waals surface area contributed by atoms with Gasteiger partial charge in [0, 0.05) is 5.39 Å². The Morgan fingerprint density at radius 2 is 1.92 bits per heavy atom. The molecule has 0 atom stereocenters. The van der Waals surface area contributed by atoms with Crippen LogP contribution in [0.15, 0.2) is 48.5 Å². The molecular weight excluding hydrogens is 306 g/mol. The third kappa shape index (κ3) is 3.20. The number of H-pyrrole nitrogens is 1. The van der Waals surface area contributed by atoms with Gasteiger partial charge in [-0.25, -0.2) is 4.79 Å². The summed E-state index contributed by atoms with van der Waals surface area (Å²) in [5.41, 5.74) is 2.20. The van der Waals surface area contributed by atoms with E-state index in [1.165, 1.54) is 7.11 Å². The summed E-state index contributed by atoms with van der Waals surface area (Å²) in [6, 6.07) is 15.5. The molecule has 3 rings (SSSR count). The van der Waals surface area contributed by atoms with E-state index >= 15 is 0 Å². The van der Waals surface area contributed by atoms with Gasteiger partial charge in [0.1, 0.15) is 12.4 Å². The fourth-order valence-corrected chi connectivity index (χ4v) is 2.54. The van der Waals surface area contributed by atoms with Crippen molar-refractivity contribution in [3.8, 4) is 11.5 Å². The number of aromatic nitrogens is 1. The Bertz CT molecular complexity index is 839. The Morgan fingerprint density at radius 3 is 2.62 bits per heavy atom. The van der Waals surface area contributed by atoms with Crippen molar-refractivity contribution < 1.29 is 19.0 Å². The maximum Gasteiger partial charge on any atom is 0.358 e. The number of hydrogen-bond acceptors (Lipinski definition) is 4. The van der Waals surface area contributed by atoms with Crippen molar-refractivity contribution in [2.75, 3.05) is 13.7 Å². The molecule has 5 nitrogen and oxygen atoms in total. The Hall–Kier alpha value is -2.95. The van der Waals surface area contributed by atoms with Gasteiger partial charge in [0.05, 0.1) is 19.2 Å². The molecule has 0 aliphatic rings. The van der Waals surface area contributed by atoms with Crippen LogP contribution in [0.1, 0.15) is 23.0 Å². The van der Waals surface area contributed by atoms with Crippen LogP contribution in [0.5, 0.6) is 11.5 Å². The van der Waals surface area contributed by atoms with Crippen molar-refractivity contribution in [1.29, 1.82) is 0 Å². The van der Waals surface area contributed by atoms with Gasteiger partial charge in [-0.1, -0.05) is 30.3 Å². The van der Waals surface area contributed by atoms with Crippen LogP contribution in [0.4, 0.5) is 0 Å². The summed E-state index contributed by atoms with van der Waals surface area (Å²) in [5.74, 6) is 0.741. The third-order valence-corrected chi connectivity index (χ3v) is 3.65. The summed E-state index contributed by atoms with van der Waals surface area (Å²) >= 11 is 0. The van der Waals surface area contributed by atoms with Crippen LogP contribution in [0.3, 0.4) is 0 Å². The molecule has 24 heavy (non-hydrogen) atoms. The maximum atomic E-state index is 12.0. The summed E-state index contributed by atoms with van der Waals surface area (Å²) in [4.78, 5) is 15.1. The van der Waals surface area contributed by atoms with Gasteiger partial charge < -0.3 is 19.2 Å². The van der Waals surface area contributed by atoms with Crippen molar-refractivity contribution in [3.63, 3.8) is 0 Å². The maximum absolute atomic E-state index is 12.0. The van der Waals surface area contributed by atoms with E-state index in [-0.39, 0.29) is 0 Å². The minimum Gasteiger partial charge on any atom is -0.494 e. The first kappa shape index (κ1) is 15.9. The van der Waals surface area contributed by atoms with Gasteiger partial charge >= 0.3 is 5.97 Å². The lowest BCUT2D eigenvalue weighted by atomic mass is 10.2. The lowest BCUT2D eigenvalue weighted by Gasteiger charge is -2.07. The smallest absolute Gasteiger partial charge is 0.358 e. The minimum atomic E-state index is -0.433. The van der Waals surface area contributed by atoms with Crippen molar-refractivity contribution in [1.82, 2.24) is 4.98 Å². The summed E-state index contributed by atoms with van der Waals surface area (Å²) in [6.07, 6.45) is 0. The Morgan fingerprint density at radius 1 is 1.12 bits per heavy atom. The van der Waals surface area contributed by atoms with Gasteiger partial charge in [-0.3, -0.25) is 0 Å². The van der Waals surface area contributed by atoms with Crippen LogP contribution in [0.25, 0.3) is 10.9 Å². The van der Waals surface area contributed by atoms with Gasteiger partial charge in [0.2, 0.25) is 0 Å². The van der Waals surface area contributed by atoms with Crippen molar-refractivity contribution in [2.45, 2.75) is 13.5 Å². The number of methoxy groups -OCH3 is 1. The lowest BCUT2D eigenvalue weighted by Crippen LogP contribution is -2.06. The van der Waals surface area contributed by atoms with E-state index < -0.39 is 5.97 Å². The summed E-state index contributed by atoms with van der Waals surface area (Å²) in [5, 5.41) is 0.783. The normalized spacial score (nSPS) is 10.6. The first-order valence-corrected chi connectivity index (χ1v) is 7.76. The highest BCUT2D eigenvalue weighted by molar-refractivity contribution is 6.01. The number of carbonyl (C=O) groups is 1. The van der Waals surface area contributed by atoms with E-state index in [0.717, 1.165) is 16.5 Å². The molecule has 0 aliphatic heterocycles. The summed E-state index contributed by atoms with van der Waals surface area (Å²) in [7, 11) is 1.53. The molecule has 124 valence electrons. The number of nitrogens with one attached hydrogen (secondary N) is 1. The molecule has 2 aromatic carbocycles. The first-order valence-electron chi connectivity index (χ1n) is 7.76. The van der Waals surface area contributed by atoms with E-state index in [1.807, 2.05) is 48.5 Å². The monoisotopic (exact) mass is 325 g/mol. The van der Waals surface area contributed by atoms with Gasteiger partial charge in [-0.15, -0.1) is 0 Å². The molecule has 1 heterocycles. The number of fused-ring (bicyclic) bond motifs is 1. The van der Waals surface area contributed by atoms with E-state index in [1.54, 1.807) is 6.92 Å². The zero-order chi connectivity index (χ0) is 16.9. The molecule has 0 spiro atoms. The Labute approximate surface area is 140 Å². The van der Waals surface area contributed by atoms with Crippen LogP contribution >= 0.6 is 0 Å². The quantitative estimate of drug-likeness (QED) is 0.698. The van der Waals surface area contributed by atoms with Gasteiger partial charge in [-0.05, 0) is 30.7 Å². The van der Waals surface area contributed by atoms with Gasteiger partial charge in [0.25, 0.3) is 0 Å². The highest BCUT2D eigenvalue weighted by Crippen LogP contribution is 2.33. The highest BCUT2D eigenvalue weighted by atomic mass is 16.5. The number of rotatable bonds is 6. The number of esters is 1. The standard InChI is InChI=1S/C19H19NO4/c1-3-23-19(21)17-18(22-2)15-11-14(9-10-16(15)20-17)24-12-13-7-5-4-6-8-13/h4-11,20H,3,12H2,1-2H3. The second-order valence-electron chi connectivity index (χ2n) is 5.24. The van der Waals surface area contributed by atoms with Crippen molar-refractivity contribution in [2.24, 2.45) is 0 Å². The topological polar surface area (TPSA) is 60.6 Å². The Kier molecular flexibility index (Phi) is 4.70. The molecule has 0 radical (unpaired) electrons. The number of benzene rings is 2. The molecule has 0 bridgehead atoms. The molecule has 0 amide bonds. The molecule has 0 fully saturated rings. The number of aromatic amines is 1. The summed E-state index contributed by atoms with van der Waals surface area (Å²) in [6.45, 7) is 2.55. The number of hydrogen-bond donors (Lipinski definition) is 1. The number of ether oxygens (including phenoxy) is 3. The second-order valence-corrected chi connectivity index (χ2v) is 5.24. The molecule has 0 saturated carbocycles.